The van der Waals surface area contributed by atoms with E-state index in [2.05, 4.69) is 21.0 Å². The second kappa shape index (κ2) is 5.43. The minimum atomic E-state index is -0.488. The van der Waals surface area contributed by atoms with Crippen molar-refractivity contribution < 1.29 is 4.79 Å². The number of alkyl halides is 1. The quantitative estimate of drug-likeness (QED) is 0.620. The summed E-state index contributed by atoms with van der Waals surface area (Å²) in [5, 5.41) is 4.28. The Morgan fingerprint density at radius 2 is 1.94 bits per heavy atom. The number of rotatable bonds is 3. The molecule has 1 atom stereocenters. The first-order chi connectivity index (χ1) is 8.52. The number of halogens is 3. The number of nitrogens with zero attached hydrogens (tertiary/aromatic N) is 2. The zero-order chi connectivity index (χ0) is 13.3. The zero-order valence-electron chi connectivity index (χ0n) is 9.40. The standard InChI is InChI=1S/C12H9BrCl2N2O/c1-17-12(15)8(11(14)16-17)10(18)9(13)7-5-3-2-4-6-7/h2-6,9H,1H3. The van der Waals surface area contributed by atoms with Gasteiger partial charge in [0.05, 0.1) is 5.56 Å². The molecule has 0 saturated heterocycles. The third-order valence-corrected chi connectivity index (χ3v) is 4.15. The van der Waals surface area contributed by atoms with Crippen LogP contribution in [0.15, 0.2) is 30.3 Å². The number of benzene rings is 1. The SMILES string of the molecule is Cn1nc(Cl)c(C(=O)C(Br)c2ccccc2)c1Cl. The Balaban J connectivity index is 2.38. The van der Waals surface area contributed by atoms with Crippen molar-refractivity contribution >= 4 is 44.9 Å². The summed E-state index contributed by atoms with van der Waals surface area (Å²) in [6.45, 7) is 0. The topological polar surface area (TPSA) is 34.9 Å². The molecule has 6 heteroatoms. The molecule has 0 radical (unpaired) electrons. The van der Waals surface area contributed by atoms with Gasteiger partial charge in [0.15, 0.2) is 10.9 Å². The molecule has 1 aromatic heterocycles. The summed E-state index contributed by atoms with van der Waals surface area (Å²) in [7, 11) is 1.64. The van der Waals surface area contributed by atoms with Crippen molar-refractivity contribution in [3.8, 4) is 0 Å². The van der Waals surface area contributed by atoms with Gasteiger partial charge in [-0.2, -0.15) is 5.10 Å². The van der Waals surface area contributed by atoms with Gasteiger partial charge in [0.25, 0.3) is 0 Å². The Kier molecular flexibility index (Phi) is 4.10. The van der Waals surface area contributed by atoms with Crippen LogP contribution >= 0.6 is 39.1 Å². The lowest BCUT2D eigenvalue weighted by Crippen LogP contribution is -2.07. The lowest BCUT2D eigenvalue weighted by Gasteiger charge is -2.08. The van der Waals surface area contributed by atoms with Crippen molar-refractivity contribution in [3.63, 3.8) is 0 Å². The number of carbonyl (C=O) groups excluding carboxylic acids is 1. The van der Waals surface area contributed by atoms with Gasteiger partial charge in [0, 0.05) is 7.05 Å². The van der Waals surface area contributed by atoms with Gasteiger partial charge in [-0.15, -0.1) is 0 Å². The van der Waals surface area contributed by atoms with E-state index < -0.39 is 4.83 Å². The van der Waals surface area contributed by atoms with Gasteiger partial charge in [-0.05, 0) is 5.56 Å². The molecule has 1 aromatic carbocycles. The first-order valence-corrected chi connectivity index (χ1v) is 6.80. The lowest BCUT2D eigenvalue weighted by atomic mass is 10.1. The van der Waals surface area contributed by atoms with E-state index in [9.17, 15) is 4.79 Å². The molecule has 2 rings (SSSR count). The third-order valence-electron chi connectivity index (χ3n) is 2.50. The van der Waals surface area contributed by atoms with E-state index in [-0.39, 0.29) is 21.7 Å². The van der Waals surface area contributed by atoms with Crippen molar-refractivity contribution in [2.24, 2.45) is 7.05 Å². The molecule has 18 heavy (non-hydrogen) atoms. The summed E-state index contributed by atoms with van der Waals surface area (Å²) in [6.07, 6.45) is 0. The third kappa shape index (κ3) is 2.46. The molecule has 2 aromatic rings. The van der Waals surface area contributed by atoms with E-state index in [1.807, 2.05) is 30.3 Å². The summed E-state index contributed by atoms with van der Waals surface area (Å²) in [5.41, 5.74) is 1.09. The molecule has 3 nitrogen and oxygen atoms in total. The van der Waals surface area contributed by atoms with Crippen molar-refractivity contribution in [1.82, 2.24) is 9.78 Å². The Bertz CT molecular complexity index is 583. The Morgan fingerprint density at radius 3 is 2.44 bits per heavy atom. The molecule has 0 spiro atoms. The van der Waals surface area contributed by atoms with E-state index in [1.54, 1.807) is 7.05 Å². The highest BCUT2D eigenvalue weighted by Gasteiger charge is 2.26. The van der Waals surface area contributed by atoms with E-state index in [1.165, 1.54) is 4.68 Å². The van der Waals surface area contributed by atoms with E-state index in [0.717, 1.165) is 5.56 Å². The van der Waals surface area contributed by atoms with Gasteiger partial charge < -0.3 is 0 Å². The highest BCUT2D eigenvalue weighted by Crippen LogP contribution is 2.32. The fourth-order valence-electron chi connectivity index (χ4n) is 1.58. The molecule has 0 aliphatic heterocycles. The van der Waals surface area contributed by atoms with Gasteiger partial charge in [0.2, 0.25) is 0 Å². The van der Waals surface area contributed by atoms with Crippen LogP contribution in [-0.2, 0) is 7.05 Å². The smallest absolute Gasteiger partial charge is 0.187 e. The number of hydrogen-bond acceptors (Lipinski definition) is 2. The van der Waals surface area contributed by atoms with Crippen LogP contribution in [0.25, 0.3) is 0 Å². The molecule has 0 fully saturated rings. The van der Waals surface area contributed by atoms with Crippen molar-refractivity contribution in [3.05, 3.63) is 51.8 Å². The van der Waals surface area contributed by atoms with Gasteiger partial charge in [0.1, 0.15) is 9.98 Å². The molecule has 1 heterocycles. The highest BCUT2D eigenvalue weighted by atomic mass is 79.9. The van der Waals surface area contributed by atoms with Crippen molar-refractivity contribution in [2.75, 3.05) is 0 Å². The zero-order valence-corrected chi connectivity index (χ0v) is 12.5. The molecule has 0 aliphatic rings. The van der Waals surface area contributed by atoms with Crippen LogP contribution in [-0.4, -0.2) is 15.6 Å². The molecule has 0 aliphatic carbocycles. The predicted molar refractivity (Wildman–Crippen MR) is 75.7 cm³/mol. The van der Waals surface area contributed by atoms with Gasteiger partial charge in [-0.25, -0.2) is 0 Å². The number of Topliss-reactive ketones (excluding diaryl/α,β-unsaturated/α-hetero) is 1. The number of aryl methyl sites for hydroxylation is 1. The Morgan fingerprint density at radius 1 is 1.33 bits per heavy atom. The van der Waals surface area contributed by atoms with Crippen molar-refractivity contribution in [2.45, 2.75) is 4.83 Å². The first kappa shape index (κ1) is 13.6. The van der Waals surface area contributed by atoms with Crippen LogP contribution in [0.4, 0.5) is 0 Å². The fourth-order valence-corrected chi connectivity index (χ4v) is 2.67. The minimum Gasteiger partial charge on any atom is -0.292 e. The van der Waals surface area contributed by atoms with Crippen molar-refractivity contribution in [1.29, 1.82) is 0 Å². The largest absolute Gasteiger partial charge is 0.292 e. The molecule has 94 valence electrons. The summed E-state index contributed by atoms with van der Waals surface area (Å²) in [6, 6.07) is 9.33. The predicted octanol–water partition coefficient (Wildman–Crippen LogP) is 4.05. The first-order valence-electron chi connectivity index (χ1n) is 5.13. The fraction of sp³-hybridized carbons (Fsp3) is 0.167. The molecule has 0 bridgehead atoms. The van der Waals surface area contributed by atoms with Crippen LogP contribution in [0.5, 0.6) is 0 Å². The van der Waals surface area contributed by atoms with E-state index in [0.29, 0.717) is 0 Å². The van der Waals surface area contributed by atoms with Gasteiger partial charge in [-0.3, -0.25) is 9.48 Å². The maximum absolute atomic E-state index is 12.3. The maximum Gasteiger partial charge on any atom is 0.187 e. The highest BCUT2D eigenvalue weighted by molar-refractivity contribution is 9.09. The van der Waals surface area contributed by atoms with Crippen LogP contribution < -0.4 is 0 Å². The Hall–Kier alpha value is -0.840. The molecule has 0 saturated carbocycles. The molecular formula is C12H9BrCl2N2O. The van der Waals surface area contributed by atoms with Crippen LogP contribution in [0, 0.1) is 0 Å². The van der Waals surface area contributed by atoms with Crippen LogP contribution in [0.2, 0.25) is 10.3 Å². The second-order valence-electron chi connectivity index (χ2n) is 3.72. The average Bonchev–Trinajstić information content (AvgIpc) is 2.63. The van der Waals surface area contributed by atoms with E-state index >= 15 is 0 Å². The summed E-state index contributed by atoms with van der Waals surface area (Å²) >= 11 is 15.3. The monoisotopic (exact) mass is 346 g/mol. The molecule has 0 N–H and O–H groups in total. The summed E-state index contributed by atoms with van der Waals surface area (Å²) < 4.78 is 1.38. The number of aromatic nitrogens is 2. The van der Waals surface area contributed by atoms with E-state index in [4.69, 9.17) is 23.2 Å². The van der Waals surface area contributed by atoms with Crippen LogP contribution in [0.1, 0.15) is 20.7 Å². The second-order valence-corrected chi connectivity index (χ2v) is 5.35. The molecular weight excluding hydrogens is 339 g/mol. The summed E-state index contributed by atoms with van der Waals surface area (Å²) in [5.74, 6) is -0.204. The number of ketones is 1. The normalized spacial score (nSPS) is 12.4. The Labute approximate surface area is 123 Å². The average molecular weight is 348 g/mol. The maximum atomic E-state index is 12.3. The lowest BCUT2D eigenvalue weighted by molar-refractivity contribution is 0.0991. The summed E-state index contributed by atoms with van der Waals surface area (Å²) in [4.78, 5) is 11.8. The number of hydrogen-bond donors (Lipinski definition) is 0. The molecule has 0 amide bonds. The number of carbonyl (C=O) groups is 1. The van der Waals surface area contributed by atoms with Gasteiger partial charge in [-0.1, -0.05) is 69.5 Å². The van der Waals surface area contributed by atoms with Gasteiger partial charge >= 0.3 is 0 Å². The van der Waals surface area contributed by atoms with Crippen LogP contribution in [0.3, 0.4) is 0 Å². The molecule has 1 unspecified atom stereocenters. The minimum absolute atomic E-state index is 0.118.